The maximum absolute atomic E-state index is 9.48. The van der Waals surface area contributed by atoms with Gasteiger partial charge in [0.1, 0.15) is 0 Å². The monoisotopic (exact) mass is 850 g/mol. The van der Waals surface area contributed by atoms with Crippen LogP contribution in [0.15, 0.2) is 206 Å². The molecule has 0 unspecified atom stereocenters. The number of rotatable bonds is 5. The summed E-state index contributed by atoms with van der Waals surface area (Å²) in [7, 11) is 0. The minimum Gasteiger partial charge on any atom is -0.308 e. The number of fused-ring (bicyclic) bond motifs is 12. The fourth-order valence-corrected chi connectivity index (χ4v) is 10.3. The molecule has 0 aliphatic carbocycles. The molecule has 5 aromatic heterocycles. The third-order valence-electron chi connectivity index (χ3n) is 11.9. The van der Waals surface area contributed by atoms with Gasteiger partial charge in [0.2, 0.25) is 11.9 Å². The average molecular weight is 851 g/mol. The van der Waals surface area contributed by atoms with Crippen LogP contribution >= 0.6 is 11.3 Å². The summed E-state index contributed by atoms with van der Waals surface area (Å²) in [5, 5.41) is 2.69. The van der Waals surface area contributed by atoms with Crippen LogP contribution in [-0.2, 0) is 0 Å². The summed E-state index contributed by atoms with van der Waals surface area (Å²) in [6, 6.07) is 24.7. The number of thiophene rings is 1. The molecule has 64 heavy (non-hydrogen) atoms. The fraction of sp³-hybridized carbons (Fsp3) is 0. The lowest BCUT2D eigenvalue weighted by Gasteiger charge is -2.19. The van der Waals surface area contributed by atoms with Crippen molar-refractivity contribution in [1.82, 2.24) is 28.7 Å². The van der Waals surface area contributed by atoms with Gasteiger partial charge in [-0.3, -0.25) is 9.13 Å². The highest BCUT2D eigenvalue weighted by Crippen LogP contribution is 2.44. The SMILES string of the molecule is [2H]c1c([2H])c([2H])c2c(c1[2H])c1c([2H])c([2H])c([2H])c([2H])c1n2-c1nc(-c2c(-c3ccc4sc5ccccc5c4c3)cccc2-n2c3ccccc3c3ccccc32)nc(-n2c3c([2H])c([2H])c([2H])c([2H])c3c3c([2H])c([2H])c([2H])c([2H])c32)n1. The van der Waals surface area contributed by atoms with E-state index in [0.717, 1.165) is 51.1 Å². The van der Waals surface area contributed by atoms with Gasteiger partial charge in [-0.15, -0.1) is 11.3 Å². The average Bonchev–Trinajstić information content (AvgIpc) is 3.65. The molecule has 0 aliphatic heterocycles. The summed E-state index contributed by atoms with van der Waals surface area (Å²) >= 11 is 1.63. The fourth-order valence-electron chi connectivity index (χ4n) is 9.19. The van der Waals surface area contributed by atoms with E-state index in [-0.39, 0.29) is 49.4 Å². The van der Waals surface area contributed by atoms with Crippen LogP contribution in [0.5, 0.6) is 0 Å². The zero-order valence-electron chi connectivity index (χ0n) is 49.0. The highest BCUT2D eigenvalue weighted by Gasteiger charge is 2.25. The second kappa shape index (κ2) is 13.6. The van der Waals surface area contributed by atoms with Crippen molar-refractivity contribution in [1.29, 1.82) is 0 Å². The van der Waals surface area contributed by atoms with Crippen molar-refractivity contribution in [2.45, 2.75) is 0 Å². The van der Waals surface area contributed by atoms with E-state index < -0.39 is 109 Å². The van der Waals surface area contributed by atoms with E-state index in [1.165, 1.54) is 0 Å². The minimum atomic E-state index is -0.707. The Balaban J connectivity index is 1.24. The predicted octanol–water partition coefficient (Wildman–Crippen LogP) is 14.9. The van der Waals surface area contributed by atoms with Crippen molar-refractivity contribution in [3.63, 3.8) is 0 Å². The quantitative estimate of drug-likeness (QED) is 0.173. The van der Waals surface area contributed by atoms with Gasteiger partial charge in [0, 0.05) is 52.5 Å². The lowest BCUT2D eigenvalue weighted by molar-refractivity contribution is 0.892. The highest BCUT2D eigenvalue weighted by molar-refractivity contribution is 7.25. The second-order valence-electron chi connectivity index (χ2n) is 15.2. The zero-order valence-corrected chi connectivity index (χ0v) is 33.8. The molecule has 7 heteroatoms. The standard InChI is InChI=1S/C57H34N6S/c1-8-24-45-37(16-1)38-17-2-9-25-46(38)61(45)51-30-15-23-36(35-32-33-53-44(34-35)43-22-7-14-31-52(43)64-53)54(51)55-58-56(62-47-26-10-3-18-39(47)40-19-4-11-27-48(40)62)60-57(59-55)63-49-28-12-5-20-41(49)42-21-6-13-29-50(42)63/h1-34H/i3D,4D,5D,6D,10D,11D,12D,13D,18D,19D,20D,21D,26D,27D,28D,29D. The van der Waals surface area contributed by atoms with Crippen LogP contribution in [0.3, 0.4) is 0 Å². The summed E-state index contributed by atoms with van der Waals surface area (Å²) in [6.07, 6.45) is 0. The van der Waals surface area contributed by atoms with Crippen molar-refractivity contribution in [2.75, 3.05) is 0 Å². The Morgan fingerprint density at radius 2 is 0.859 bits per heavy atom. The van der Waals surface area contributed by atoms with E-state index in [2.05, 4.69) is 6.07 Å². The first-order chi connectivity index (χ1) is 38.4. The second-order valence-corrected chi connectivity index (χ2v) is 16.3. The first-order valence-electron chi connectivity index (χ1n) is 28.2. The summed E-state index contributed by atoms with van der Waals surface area (Å²) in [4.78, 5) is 15.5. The molecule has 0 spiro atoms. The van der Waals surface area contributed by atoms with Gasteiger partial charge in [0.25, 0.3) is 0 Å². The number of hydrogen-bond acceptors (Lipinski definition) is 4. The van der Waals surface area contributed by atoms with Crippen molar-refractivity contribution in [3.8, 4) is 40.1 Å². The van der Waals surface area contributed by atoms with Crippen LogP contribution in [0.4, 0.5) is 0 Å². The number of nitrogens with zero attached hydrogens (tertiary/aromatic N) is 6. The summed E-state index contributed by atoms with van der Waals surface area (Å²) in [6.45, 7) is 0. The van der Waals surface area contributed by atoms with Crippen molar-refractivity contribution in [2.24, 2.45) is 0 Å². The van der Waals surface area contributed by atoms with Crippen molar-refractivity contribution in [3.05, 3.63) is 206 Å². The maximum Gasteiger partial charge on any atom is 0.240 e. The molecule has 0 N–H and O–H groups in total. The Labute approximate surface area is 392 Å². The molecule has 14 rings (SSSR count). The molecule has 0 aliphatic rings. The molecule has 0 bridgehead atoms. The summed E-state index contributed by atoms with van der Waals surface area (Å²) in [5.74, 6) is -1.14. The van der Waals surface area contributed by atoms with E-state index in [1.54, 1.807) is 11.3 Å². The van der Waals surface area contributed by atoms with Crippen LogP contribution in [0, 0.1) is 0 Å². The Hall–Kier alpha value is -8.39. The minimum absolute atomic E-state index is 0.166. The lowest BCUT2D eigenvalue weighted by atomic mass is 9.96. The Bertz CT molecular complexity index is 4790. The molecular weight excluding hydrogens is 801 g/mol. The van der Waals surface area contributed by atoms with E-state index in [1.807, 2.05) is 108 Å². The van der Waals surface area contributed by atoms with Gasteiger partial charge >= 0.3 is 0 Å². The van der Waals surface area contributed by atoms with E-state index >= 15 is 0 Å². The molecular formula is C57H34N6S. The van der Waals surface area contributed by atoms with Crippen LogP contribution in [-0.4, -0.2) is 28.7 Å². The number of hydrogen-bond donors (Lipinski definition) is 0. The van der Waals surface area contributed by atoms with Gasteiger partial charge in [-0.2, -0.15) is 15.0 Å². The van der Waals surface area contributed by atoms with Crippen molar-refractivity contribution >= 4 is 96.9 Å². The zero-order chi connectivity index (χ0) is 55.8. The molecule has 0 saturated heterocycles. The highest BCUT2D eigenvalue weighted by atomic mass is 32.1. The third-order valence-corrected chi connectivity index (χ3v) is 13.0. The lowest BCUT2D eigenvalue weighted by Crippen LogP contribution is -2.11. The van der Waals surface area contributed by atoms with Gasteiger partial charge in [0.15, 0.2) is 5.82 Å². The first-order valence-corrected chi connectivity index (χ1v) is 21.0. The smallest absolute Gasteiger partial charge is 0.240 e. The van der Waals surface area contributed by atoms with Gasteiger partial charge in [0.05, 0.1) is 66.3 Å². The molecule has 5 heterocycles. The Morgan fingerprint density at radius 3 is 1.42 bits per heavy atom. The molecule has 0 radical (unpaired) electrons. The topological polar surface area (TPSA) is 53.5 Å². The van der Waals surface area contributed by atoms with E-state index in [0.29, 0.717) is 22.4 Å². The first kappa shape index (κ1) is 23.2. The molecule has 0 amide bonds. The van der Waals surface area contributed by atoms with Crippen LogP contribution < -0.4 is 0 Å². The number of benzene rings is 9. The predicted molar refractivity (Wildman–Crippen MR) is 267 cm³/mol. The molecule has 14 aromatic rings. The molecule has 0 saturated carbocycles. The molecule has 298 valence electrons. The van der Waals surface area contributed by atoms with E-state index in [9.17, 15) is 11.0 Å². The summed E-state index contributed by atoms with van der Waals surface area (Å²) < 4.78 is 152. The number of aromatic nitrogens is 6. The van der Waals surface area contributed by atoms with Gasteiger partial charge in [-0.25, -0.2) is 0 Å². The molecule has 6 nitrogen and oxygen atoms in total. The molecule has 9 aromatic carbocycles. The normalized spacial score (nSPS) is 15.6. The molecule has 0 atom stereocenters. The third kappa shape index (κ3) is 5.04. The van der Waals surface area contributed by atoms with Crippen molar-refractivity contribution < 1.29 is 21.9 Å². The Kier molecular flexibility index (Phi) is 4.91. The van der Waals surface area contributed by atoms with Gasteiger partial charge in [-0.05, 0) is 71.7 Å². The van der Waals surface area contributed by atoms with Crippen LogP contribution in [0.25, 0.3) is 126 Å². The number of para-hydroxylation sites is 6. The summed E-state index contributed by atoms with van der Waals surface area (Å²) in [5.41, 5.74) is 2.32. The molecule has 0 fully saturated rings. The van der Waals surface area contributed by atoms with Crippen LogP contribution in [0.2, 0.25) is 0 Å². The van der Waals surface area contributed by atoms with E-state index in [4.69, 9.17) is 25.9 Å². The van der Waals surface area contributed by atoms with Gasteiger partial charge < -0.3 is 4.57 Å². The van der Waals surface area contributed by atoms with Crippen LogP contribution in [0.1, 0.15) is 21.9 Å². The largest absolute Gasteiger partial charge is 0.308 e. The van der Waals surface area contributed by atoms with Gasteiger partial charge in [-0.1, -0.05) is 145 Å². The maximum atomic E-state index is 9.48. The Morgan fingerprint density at radius 1 is 0.375 bits per heavy atom.